The summed E-state index contributed by atoms with van der Waals surface area (Å²) in [6, 6.07) is 11.2. The molecule has 0 aliphatic heterocycles. The van der Waals surface area contributed by atoms with Crippen molar-refractivity contribution in [3.63, 3.8) is 0 Å². The lowest BCUT2D eigenvalue weighted by Crippen LogP contribution is -2.01. The van der Waals surface area contributed by atoms with Gasteiger partial charge >= 0.3 is 0 Å². The van der Waals surface area contributed by atoms with E-state index in [9.17, 15) is 5.11 Å². The van der Waals surface area contributed by atoms with Crippen LogP contribution in [0.25, 0.3) is 0 Å². The van der Waals surface area contributed by atoms with Gasteiger partial charge in [-0.05, 0) is 43.2 Å². The number of nitriles is 1. The maximum Gasteiger partial charge on any atom is 0.147 e. The molecule has 0 spiro atoms. The molecule has 1 aromatic carbocycles. The fourth-order valence-electron chi connectivity index (χ4n) is 1.91. The number of nitrogens with zero attached hydrogens (tertiary/aromatic N) is 2. The van der Waals surface area contributed by atoms with E-state index in [0.717, 1.165) is 22.4 Å². The highest BCUT2D eigenvalue weighted by molar-refractivity contribution is 5.37. The van der Waals surface area contributed by atoms with Crippen molar-refractivity contribution in [2.45, 2.75) is 26.6 Å². The first-order valence-corrected chi connectivity index (χ1v) is 6.37. The van der Waals surface area contributed by atoms with Gasteiger partial charge in [0.15, 0.2) is 0 Å². The van der Waals surface area contributed by atoms with E-state index < -0.39 is 6.10 Å². The molecule has 0 radical (unpaired) electrons. The Balaban J connectivity index is 2.14. The highest BCUT2D eigenvalue weighted by Gasteiger charge is 2.07. The second-order valence-electron chi connectivity index (χ2n) is 4.61. The Bertz CT molecular complexity index is 645. The average molecular weight is 268 g/mol. The summed E-state index contributed by atoms with van der Waals surface area (Å²) in [5.74, 6) is 0.738. The molecule has 0 amide bonds. The molecule has 2 rings (SSSR count). The maximum absolute atomic E-state index is 9.53. The summed E-state index contributed by atoms with van der Waals surface area (Å²) >= 11 is 0. The van der Waals surface area contributed by atoms with Crippen molar-refractivity contribution in [2.75, 3.05) is 0 Å². The Morgan fingerprint density at radius 3 is 2.85 bits per heavy atom. The van der Waals surface area contributed by atoms with E-state index in [4.69, 9.17) is 10.00 Å². The summed E-state index contributed by atoms with van der Waals surface area (Å²) in [5.41, 5.74) is 2.94. The van der Waals surface area contributed by atoms with Gasteiger partial charge in [-0.25, -0.2) is 4.98 Å². The standard InChI is InChI=1S/C16H16N2O2/c1-11-8-13(12(2)19)5-6-16(11)20-10-14-4-3-7-18-15(14)9-17/h3-8,12,19H,10H2,1-2H3/t12-/m1/s1. The number of aryl methyl sites for hydroxylation is 1. The Hall–Kier alpha value is -2.38. The number of hydrogen-bond donors (Lipinski definition) is 1. The summed E-state index contributed by atoms with van der Waals surface area (Å²) in [6.07, 6.45) is 1.09. The molecule has 0 aliphatic rings. The minimum atomic E-state index is -0.494. The Morgan fingerprint density at radius 1 is 1.40 bits per heavy atom. The van der Waals surface area contributed by atoms with Crippen LogP contribution in [0.4, 0.5) is 0 Å². The smallest absolute Gasteiger partial charge is 0.147 e. The molecule has 0 fully saturated rings. The second-order valence-corrected chi connectivity index (χ2v) is 4.61. The molecule has 4 nitrogen and oxygen atoms in total. The van der Waals surface area contributed by atoms with Crippen molar-refractivity contribution in [2.24, 2.45) is 0 Å². The fourth-order valence-corrected chi connectivity index (χ4v) is 1.91. The van der Waals surface area contributed by atoms with Crippen molar-refractivity contribution in [1.82, 2.24) is 4.98 Å². The topological polar surface area (TPSA) is 66.1 Å². The molecule has 2 aromatic rings. The van der Waals surface area contributed by atoms with Gasteiger partial charge in [0.05, 0.1) is 6.10 Å². The predicted molar refractivity (Wildman–Crippen MR) is 75.1 cm³/mol. The van der Waals surface area contributed by atoms with Crippen molar-refractivity contribution < 1.29 is 9.84 Å². The lowest BCUT2D eigenvalue weighted by molar-refractivity contribution is 0.199. The Morgan fingerprint density at radius 2 is 2.20 bits per heavy atom. The number of ether oxygens (including phenoxy) is 1. The number of pyridine rings is 1. The summed E-state index contributed by atoms with van der Waals surface area (Å²) < 4.78 is 5.73. The SMILES string of the molecule is Cc1cc([C@@H](C)O)ccc1OCc1cccnc1C#N. The normalized spacial score (nSPS) is 11.7. The van der Waals surface area contributed by atoms with Crippen molar-refractivity contribution in [1.29, 1.82) is 5.26 Å². The summed E-state index contributed by atoms with van der Waals surface area (Å²) in [6.45, 7) is 3.95. The van der Waals surface area contributed by atoms with Crippen LogP contribution in [0.1, 0.15) is 35.4 Å². The minimum Gasteiger partial charge on any atom is -0.489 e. The number of aliphatic hydroxyl groups is 1. The maximum atomic E-state index is 9.53. The third kappa shape index (κ3) is 3.14. The first-order valence-electron chi connectivity index (χ1n) is 6.37. The van der Waals surface area contributed by atoms with E-state index in [2.05, 4.69) is 4.98 Å². The lowest BCUT2D eigenvalue weighted by Gasteiger charge is -2.12. The van der Waals surface area contributed by atoms with Crippen molar-refractivity contribution >= 4 is 0 Å². The van der Waals surface area contributed by atoms with Gasteiger partial charge in [-0.3, -0.25) is 0 Å². The number of aromatic nitrogens is 1. The van der Waals surface area contributed by atoms with E-state index in [1.165, 1.54) is 0 Å². The summed E-state index contributed by atoms with van der Waals surface area (Å²) in [4.78, 5) is 4.00. The lowest BCUT2D eigenvalue weighted by atomic mass is 10.1. The number of benzene rings is 1. The molecule has 0 saturated carbocycles. The van der Waals surface area contributed by atoms with E-state index in [1.807, 2.05) is 37.3 Å². The minimum absolute atomic E-state index is 0.297. The number of hydrogen-bond acceptors (Lipinski definition) is 4. The van der Waals surface area contributed by atoms with Crippen LogP contribution >= 0.6 is 0 Å². The third-order valence-electron chi connectivity index (χ3n) is 3.06. The molecular weight excluding hydrogens is 252 g/mol. The van der Waals surface area contributed by atoms with Gasteiger partial charge in [0.2, 0.25) is 0 Å². The van der Waals surface area contributed by atoms with Crippen molar-refractivity contribution in [3.05, 3.63) is 58.9 Å². The van der Waals surface area contributed by atoms with Crippen molar-refractivity contribution in [3.8, 4) is 11.8 Å². The van der Waals surface area contributed by atoms with Gasteiger partial charge < -0.3 is 9.84 Å². The molecule has 0 saturated heterocycles. The van der Waals surface area contributed by atoms with Crippen LogP contribution in [0.15, 0.2) is 36.5 Å². The van der Waals surface area contributed by atoms with Crippen LogP contribution in [0.3, 0.4) is 0 Å². The number of aliphatic hydroxyl groups excluding tert-OH is 1. The Kier molecular flexibility index (Phi) is 4.34. The van der Waals surface area contributed by atoms with Crippen LogP contribution in [0.5, 0.6) is 5.75 Å². The number of rotatable bonds is 4. The largest absolute Gasteiger partial charge is 0.489 e. The van der Waals surface area contributed by atoms with Gasteiger partial charge in [-0.1, -0.05) is 12.1 Å². The molecule has 4 heteroatoms. The Labute approximate surface area is 118 Å². The van der Waals surface area contributed by atoms with Gasteiger partial charge in [-0.2, -0.15) is 5.26 Å². The first kappa shape index (κ1) is 14.0. The molecule has 1 aromatic heterocycles. The van der Waals surface area contributed by atoms with Crippen LogP contribution in [-0.2, 0) is 6.61 Å². The van der Waals surface area contributed by atoms with Gasteiger partial charge in [0.25, 0.3) is 0 Å². The van der Waals surface area contributed by atoms with E-state index in [0.29, 0.717) is 12.3 Å². The highest BCUT2D eigenvalue weighted by atomic mass is 16.5. The zero-order valence-electron chi connectivity index (χ0n) is 11.5. The zero-order chi connectivity index (χ0) is 14.5. The predicted octanol–water partition coefficient (Wildman–Crippen LogP) is 2.89. The van der Waals surface area contributed by atoms with Crippen LogP contribution < -0.4 is 4.74 Å². The van der Waals surface area contributed by atoms with Crippen LogP contribution in [0, 0.1) is 18.3 Å². The zero-order valence-corrected chi connectivity index (χ0v) is 11.5. The fraction of sp³-hybridized carbons (Fsp3) is 0.250. The average Bonchev–Trinajstić information content (AvgIpc) is 2.46. The van der Waals surface area contributed by atoms with E-state index >= 15 is 0 Å². The quantitative estimate of drug-likeness (QED) is 0.925. The molecular formula is C16H16N2O2. The molecule has 1 atom stereocenters. The third-order valence-corrected chi connectivity index (χ3v) is 3.06. The van der Waals surface area contributed by atoms with Gasteiger partial charge in [0.1, 0.15) is 24.1 Å². The second kappa shape index (κ2) is 6.18. The first-order chi connectivity index (χ1) is 9.61. The van der Waals surface area contributed by atoms with Crippen LogP contribution in [0.2, 0.25) is 0 Å². The molecule has 1 heterocycles. The van der Waals surface area contributed by atoms with Crippen LogP contribution in [-0.4, -0.2) is 10.1 Å². The summed E-state index contributed by atoms with van der Waals surface area (Å²) in [5, 5.41) is 18.5. The van der Waals surface area contributed by atoms with Gasteiger partial charge in [-0.15, -0.1) is 0 Å². The monoisotopic (exact) mass is 268 g/mol. The molecule has 20 heavy (non-hydrogen) atoms. The van der Waals surface area contributed by atoms with Gasteiger partial charge in [0, 0.05) is 11.8 Å². The van der Waals surface area contributed by atoms with E-state index in [-0.39, 0.29) is 0 Å². The summed E-state index contributed by atoms with van der Waals surface area (Å²) in [7, 11) is 0. The molecule has 102 valence electrons. The van der Waals surface area contributed by atoms with E-state index in [1.54, 1.807) is 19.2 Å². The molecule has 0 unspecified atom stereocenters. The highest BCUT2D eigenvalue weighted by Crippen LogP contribution is 2.23. The molecule has 0 bridgehead atoms. The molecule has 1 N–H and O–H groups in total. The molecule has 0 aliphatic carbocycles.